The van der Waals surface area contributed by atoms with Gasteiger partial charge < -0.3 is 0 Å². The first-order chi connectivity index (χ1) is 7.43. The fourth-order valence-corrected chi connectivity index (χ4v) is 2.13. The van der Waals surface area contributed by atoms with Crippen LogP contribution in [0.15, 0.2) is 42.3 Å². The largest absolute Gasteiger partial charge is 0.135 e. The Bertz CT molecular complexity index is 253. The van der Waals surface area contributed by atoms with Crippen molar-refractivity contribution in [3.63, 3.8) is 0 Å². The van der Waals surface area contributed by atoms with E-state index >= 15 is 0 Å². The Hall–Kier alpha value is -0.690. The molecule has 0 aliphatic heterocycles. The van der Waals surface area contributed by atoms with Crippen molar-refractivity contribution in [2.45, 2.75) is 32.1 Å². The van der Waals surface area contributed by atoms with E-state index in [1.165, 1.54) is 43.4 Å². The number of hydrogen-bond acceptors (Lipinski definition) is 1. The molecule has 0 radical (unpaired) electrons. The topological polar surface area (TPSA) is 0 Å². The summed E-state index contributed by atoms with van der Waals surface area (Å²) in [5.41, 5.74) is 1.47. The number of unbranched alkanes of at least 4 members (excludes halogenated alkanes) is 3. The second-order valence-corrected chi connectivity index (χ2v) is 4.76. The molecular formula is C14H20S. The van der Waals surface area contributed by atoms with Crippen molar-refractivity contribution in [1.29, 1.82) is 0 Å². The molecule has 0 fully saturated rings. The first-order valence-corrected chi connectivity index (χ1v) is 6.75. The summed E-state index contributed by atoms with van der Waals surface area (Å²) in [4.78, 5) is 0. The Balaban J connectivity index is 1.95. The van der Waals surface area contributed by atoms with E-state index in [0.717, 1.165) is 0 Å². The van der Waals surface area contributed by atoms with E-state index in [4.69, 9.17) is 0 Å². The van der Waals surface area contributed by atoms with Crippen molar-refractivity contribution in [2.75, 3.05) is 5.75 Å². The van der Waals surface area contributed by atoms with Crippen LogP contribution < -0.4 is 0 Å². The maximum absolute atomic E-state index is 3.70. The highest BCUT2D eigenvalue weighted by molar-refractivity contribution is 8.02. The molecule has 0 spiro atoms. The minimum absolute atomic E-state index is 1.23. The first-order valence-electron chi connectivity index (χ1n) is 5.70. The highest BCUT2D eigenvalue weighted by Crippen LogP contribution is 2.10. The third-order valence-electron chi connectivity index (χ3n) is 2.44. The van der Waals surface area contributed by atoms with Gasteiger partial charge in [-0.15, -0.1) is 11.8 Å². The van der Waals surface area contributed by atoms with Gasteiger partial charge in [0, 0.05) is 0 Å². The predicted molar refractivity (Wildman–Crippen MR) is 71.3 cm³/mol. The van der Waals surface area contributed by atoms with Gasteiger partial charge in [0.1, 0.15) is 0 Å². The molecule has 1 rings (SSSR count). The third-order valence-corrected chi connectivity index (χ3v) is 3.20. The number of benzene rings is 1. The first kappa shape index (κ1) is 12.4. The minimum Gasteiger partial charge on any atom is -0.135 e. The highest BCUT2D eigenvalue weighted by Gasteiger charge is 1.92. The fourth-order valence-electron chi connectivity index (χ4n) is 1.60. The molecule has 0 aromatic heterocycles. The van der Waals surface area contributed by atoms with Crippen LogP contribution in [0.5, 0.6) is 0 Å². The number of rotatable bonds is 8. The van der Waals surface area contributed by atoms with Crippen LogP contribution in [0.1, 0.15) is 31.2 Å². The lowest BCUT2D eigenvalue weighted by Gasteiger charge is -2.01. The van der Waals surface area contributed by atoms with Gasteiger partial charge in [-0.3, -0.25) is 0 Å². The van der Waals surface area contributed by atoms with Crippen molar-refractivity contribution in [1.82, 2.24) is 0 Å². The molecule has 0 bridgehead atoms. The summed E-state index contributed by atoms with van der Waals surface area (Å²) in [6.07, 6.45) is 6.59. The van der Waals surface area contributed by atoms with Crippen molar-refractivity contribution in [3.05, 3.63) is 47.9 Å². The van der Waals surface area contributed by atoms with E-state index in [2.05, 4.69) is 36.9 Å². The molecule has 0 N–H and O–H groups in total. The maximum Gasteiger partial charge on any atom is -0.00262 e. The van der Waals surface area contributed by atoms with E-state index in [0.29, 0.717) is 0 Å². The van der Waals surface area contributed by atoms with Gasteiger partial charge in [0.15, 0.2) is 0 Å². The molecule has 0 heterocycles. The molecule has 0 unspecified atom stereocenters. The normalized spacial score (nSPS) is 10.1. The molecule has 0 saturated heterocycles. The second-order valence-electron chi connectivity index (χ2n) is 3.69. The molecule has 0 atom stereocenters. The van der Waals surface area contributed by atoms with Crippen molar-refractivity contribution >= 4 is 11.8 Å². The maximum atomic E-state index is 3.70. The standard InChI is InChI=1S/C14H20S/c1-2-15-13-9-4-3-6-10-14-11-7-5-8-12-14/h2,5,7-8,11-12H,1,3-4,6,9-10,13H2. The zero-order valence-electron chi connectivity index (χ0n) is 9.32. The summed E-state index contributed by atoms with van der Waals surface area (Å²) in [5, 5.41) is 1.93. The molecule has 0 saturated carbocycles. The van der Waals surface area contributed by atoms with Crippen molar-refractivity contribution in [2.24, 2.45) is 0 Å². The average Bonchev–Trinajstić information content (AvgIpc) is 2.29. The van der Waals surface area contributed by atoms with Gasteiger partial charge in [0.2, 0.25) is 0 Å². The summed E-state index contributed by atoms with van der Waals surface area (Å²) in [6.45, 7) is 3.70. The summed E-state index contributed by atoms with van der Waals surface area (Å²) < 4.78 is 0. The van der Waals surface area contributed by atoms with Crippen LogP contribution in [0, 0.1) is 0 Å². The van der Waals surface area contributed by atoms with Crippen LogP contribution in [-0.4, -0.2) is 5.75 Å². The van der Waals surface area contributed by atoms with Crippen LogP contribution in [0.25, 0.3) is 0 Å². The zero-order valence-corrected chi connectivity index (χ0v) is 10.1. The second kappa shape index (κ2) is 8.60. The Morgan fingerprint density at radius 3 is 2.47 bits per heavy atom. The minimum atomic E-state index is 1.23. The smallest absolute Gasteiger partial charge is 0.00262 e. The number of aryl methyl sites for hydroxylation is 1. The SMILES string of the molecule is C=CSCCCCCCc1ccccc1. The van der Waals surface area contributed by atoms with Crippen molar-refractivity contribution < 1.29 is 0 Å². The Morgan fingerprint density at radius 1 is 1.00 bits per heavy atom. The molecule has 0 amide bonds. The van der Waals surface area contributed by atoms with Crippen LogP contribution in [0.4, 0.5) is 0 Å². The fraction of sp³-hybridized carbons (Fsp3) is 0.429. The molecule has 0 aliphatic rings. The summed E-state index contributed by atoms with van der Waals surface area (Å²) in [6, 6.07) is 10.8. The van der Waals surface area contributed by atoms with Gasteiger partial charge in [-0.2, -0.15) is 0 Å². The third kappa shape index (κ3) is 6.40. The molecule has 0 nitrogen and oxygen atoms in total. The van der Waals surface area contributed by atoms with Crippen LogP contribution in [0.3, 0.4) is 0 Å². The summed E-state index contributed by atoms with van der Waals surface area (Å²) in [7, 11) is 0. The summed E-state index contributed by atoms with van der Waals surface area (Å²) in [5.74, 6) is 1.23. The van der Waals surface area contributed by atoms with Gasteiger partial charge in [-0.1, -0.05) is 49.8 Å². The van der Waals surface area contributed by atoms with Gasteiger partial charge in [-0.25, -0.2) is 0 Å². The lowest BCUT2D eigenvalue weighted by atomic mass is 10.1. The Labute approximate surface area is 97.8 Å². The monoisotopic (exact) mass is 220 g/mol. The number of thioether (sulfide) groups is 1. The molecule has 1 aromatic carbocycles. The van der Waals surface area contributed by atoms with Gasteiger partial charge in [0.25, 0.3) is 0 Å². The van der Waals surface area contributed by atoms with Gasteiger partial charge in [-0.05, 0) is 36.0 Å². The Kier molecular flexibility index (Phi) is 7.10. The van der Waals surface area contributed by atoms with E-state index in [1.54, 1.807) is 0 Å². The molecule has 0 aliphatic carbocycles. The van der Waals surface area contributed by atoms with Gasteiger partial charge >= 0.3 is 0 Å². The lowest BCUT2D eigenvalue weighted by molar-refractivity contribution is 0.670. The van der Waals surface area contributed by atoms with E-state index in [1.807, 2.05) is 17.2 Å². The molecule has 82 valence electrons. The molecule has 1 heteroatoms. The summed E-state index contributed by atoms with van der Waals surface area (Å²) >= 11 is 1.83. The van der Waals surface area contributed by atoms with Crippen LogP contribution in [0.2, 0.25) is 0 Å². The molecular weight excluding hydrogens is 200 g/mol. The molecule has 1 aromatic rings. The van der Waals surface area contributed by atoms with Crippen LogP contribution in [-0.2, 0) is 6.42 Å². The Morgan fingerprint density at radius 2 is 1.73 bits per heavy atom. The van der Waals surface area contributed by atoms with E-state index in [-0.39, 0.29) is 0 Å². The van der Waals surface area contributed by atoms with Crippen molar-refractivity contribution in [3.8, 4) is 0 Å². The quantitative estimate of drug-likeness (QED) is 0.574. The van der Waals surface area contributed by atoms with E-state index in [9.17, 15) is 0 Å². The van der Waals surface area contributed by atoms with E-state index < -0.39 is 0 Å². The lowest BCUT2D eigenvalue weighted by Crippen LogP contribution is -1.86. The predicted octanol–water partition coefficient (Wildman–Crippen LogP) is 4.67. The van der Waals surface area contributed by atoms with Gasteiger partial charge in [0.05, 0.1) is 0 Å². The van der Waals surface area contributed by atoms with Crippen LogP contribution >= 0.6 is 11.8 Å². The zero-order chi connectivity index (χ0) is 10.8. The number of hydrogen-bond donors (Lipinski definition) is 0. The molecule has 15 heavy (non-hydrogen) atoms. The highest BCUT2D eigenvalue weighted by atomic mass is 32.2. The average molecular weight is 220 g/mol.